The van der Waals surface area contributed by atoms with Crippen LogP contribution in [0.2, 0.25) is 0 Å². The van der Waals surface area contributed by atoms with Crippen LogP contribution < -0.4 is 0 Å². The Morgan fingerprint density at radius 2 is 2.00 bits per heavy atom. The number of rotatable bonds is 1. The van der Waals surface area contributed by atoms with Gasteiger partial charge in [0.05, 0.1) is 11.3 Å². The summed E-state index contributed by atoms with van der Waals surface area (Å²) >= 11 is 5.89. The van der Waals surface area contributed by atoms with Gasteiger partial charge in [0.2, 0.25) is 0 Å². The molecule has 0 aliphatic carbocycles. The molecule has 0 aromatic carbocycles. The standard InChI is InChI=1S/C7H4Br2F3N/c8-2-6-5(7(10,11)12)1-4(9)3-13-6/h1,3H,2H2. The maximum atomic E-state index is 12.3. The molecule has 0 atom stereocenters. The third-order valence-electron chi connectivity index (χ3n) is 1.37. The number of hydrogen-bond acceptors (Lipinski definition) is 1. The molecule has 1 heterocycles. The molecule has 0 saturated carbocycles. The Labute approximate surface area is 89.6 Å². The van der Waals surface area contributed by atoms with Crippen molar-refractivity contribution in [2.45, 2.75) is 11.5 Å². The second-order valence-electron chi connectivity index (χ2n) is 2.28. The quantitative estimate of drug-likeness (QED) is 0.719. The summed E-state index contributed by atoms with van der Waals surface area (Å²) in [7, 11) is 0. The van der Waals surface area contributed by atoms with Gasteiger partial charge in [0, 0.05) is 16.0 Å². The van der Waals surface area contributed by atoms with Crippen LogP contribution in [0.5, 0.6) is 0 Å². The Hall–Kier alpha value is -0.100. The van der Waals surface area contributed by atoms with Crippen LogP contribution in [-0.2, 0) is 11.5 Å². The van der Waals surface area contributed by atoms with Crippen molar-refractivity contribution >= 4 is 31.9 Å². The summed E-state index contributed by atoms with van der Waals surface area (Å²) in [6.45, 7) is 0. The minimum Gasteiger partial charge on any atom is -0.259 e. The number of pyridine rings is 1. The summed E-state index contributed by atoms with van der Waals surface area (Å²) in [5.74, 6) is 0. The summed E-state index contributed by atoms with van der Waals surface area (Å²) in [6, 6.07) is 1.02. The zero-order chi connectivity index (χ0) is 10.1. The highest BCUT2D eigenvalue weighted by molar-refractivity contribution is 9.10. The van der Waals surface area contributed by atoms with Gasteiger partial charge in [-0.1, -0.05) is 15.9 Å². The molecule has 1 aromatic heterocycles. The van der Waals surface area contributed by atoms with Gasteiger partial charge in [0.25, 0.3) is 0 Å². The fraction of sp³-hybridized carbons (Fsp3) is 0.286. The van der Waals surface area contributed by atoms with E-state index in [0.717, 1.165) is 6.07 Å². The monoisotopic (exact) mass is 317 g/mol. The topological polar surface area (TPSA) is 12.9 Å². The van der Waals surface area contributed by atoms with E-state index in [0.29, 0.717) is 4.47 Å². The Morgan fingerprint density at radius 3 is 2.46 bits per heavy atom. The lowest BCUT2D eigenvalue weighted by molar-refractivity contribution is -0.138. The van der Waals surface area contributed by atoms with E-state index in [1.165, 1.54) is 6.20 Å². The van der Waals surface area contributed by atoms with Crippen LogP contribution in [0.1, 0.15) is 11.3 Å². The summed E-state index contributed by atoms with van der Waals surface area (Å²) in [5.41, 5.74) is -0.713. The van der Waals surface area contributed by atoms with E-state index < -0.39 is 11.7 Å². The highest BCUT2D eigenvalue weighted by atomic mass is 79.9. The van der Waals surface area contributed by atoms with E-state index in [-0.39, 0.29) is 11.0 Å². The van der Waals surface area contributed by atoms with Crippen molar-refractivity contribution in [2.24, 2.45) is 0 Å². The molecule has 0 N–H and O–H groups in total. The van der Waals surface area contributed by atoms with Gasteiger partial charge in [-0.15, -0.1) is 0 Å². The van der Waals surface area contributed by atoms with Crippen LogP contribution in [-0.4, -0.2) is 4.98 Å². The van der Waals surface area contributed by atoms with E-state index in [4.69, 9.17) is 0 Å². The second kappa shape index (κ2) is 3.96. The summed E-state index contributed by atoms with van der Waals surface area (Å²) in [6.07, 6.45) is -3.01. The van der Waals surface area contributed by atoms with Gasteiger partial charge < -0.3 is 0 Å². The molecule has 0 aliphatic rings. The van der Waals surface area contributed by atoms with Crippen LogP contribution >= 0.6 is 31.9 Å². The molecule has 6 heteroatoms. The van der Waals surface area contributed by atoms with Crippen molar-refractivity contribution < 1.29 is 13.2 Å². The SMILES string of the molecule is FC(F)(F)c1cc(Br)cnc1CBr. The second-order valence-corrected chi connectivity index (χ2v) is 3.76. The lowest BCUT2D eigenvalue weighted by Gasteiger charge is -2.10. The fourth-order valence-electron chi connectivity index (χ4n) is 0.820. The van der Waals surface area contributed by atoms with Crippen LogP contribution in [0, 0.1) is 0 Å². The van der Waals surface area contributed by atoms with Crippen molar-refractivity contribution in [2.75, 3.05) is 0 Å². The first-order chi connectivity index (χ1) is 5.95. The zero-order valence-corrected chi connectivity index (χ0v) is 9.37. The highest BCUT2D eigenvalue weighted by Gasteiger charge is 2.33. The van der Waals surface area contributed by atoms with Crippen LogP contribution in [0.4, 0.5) is 13.2 Å². The maximum Gasteiger partial charge on any atom is 0.418 e. The van der Waals surface area contributed by atoms with Crippen molar-refractivity contribution in [3.05, 3.63) is 28.0 Å². The Balaban J connectivity index is 3.24. The summed E-state index contributed by atoms with van der Waals surface area (Å²) in [4.78, 5) is 3.65. The van der Waals surface area contributed by atoms with Crippen molar-refractivity contribution in [1.29, 1.82) is 0 Å². The van der Waals surface area contributed by atoms with Crippen LogP contribution in [0.25, 0.3) is 0 Å². The molecule has 0 aliphatic heterocycles. The first kappa shape index (κ1) is 11.0. The average Bonchev–Trinajstić information content (AvgIpc) is 2.03. The number of aromatic nitrogens is 1. The van der Waals surface area contributed by atoms with Crippen molar-refractivity contribution in [3.63, 3.8) is 0 Å². The molecule has 0 bridgehead atoms. The Morgan fingerprint density at radius 1 is 1.38 bits per heavy atom. The maximum absolute atomic E-state index is 12.3. The molecule has 72 valence electrons. The Kier molecular flexibility index (Phi) is 3.34. The summed E-state index contributed by atoms with van der Waals surface area (Å²) in [5, 5.41) is 0.0924. The normalized spacial score (nSPS) is 11.8. The third kappa shape index (κ3) is 2.67. The molecule has 1 nitrogen and oxygen atoms in total. The zero-order valence-electron chi connectivity index (χ0n) is 6.20. The van der Waals surface area contributed by atoms with Gasteiger partial charge in [-0.3, -0.25) is 4.98 Å². The molecule has 0 spiro atoms. The van der Waals surface area contributed by atoms with Crippen molar-refractivity contribution in [3.8, 4) is 0 Å². The highest BCUT2D eigenvalue weighted by Crippen LogP contribution is 2.33. The lowest BCUT2D eigenvalue weighted by atomic mass is 10.2. The van der Waals surface area contributed by atoms with Gasteiger partial charge in [-0.2, -0.15) is 13.2 Å². The summed E-state index contributed by atoms with van der Waals surface area (Å²) < 4.78 is 37.3. The van der Waals surface area contributed by atoms with Gasteiger partial charge in [-0.05, 0) is 22.0 Å². The average molecular weight is 319 g/mol. The first-order valence-electron chi connectivity index (χ1n) is 3.22. The van der Waals surface area contributed by atoms with Crippen LogP contribution in [0.15, 0.2) is 16.7 Å². The largest absolute Gasteiger partial charge is 0.418 e. The van der Waals surface area contributed by atoms with E-state index >= 15 is 0 Å². The molecule has 1 aromatic rings. The Bertz CT molecular complexity index is 311. The molecule has 13 heavy (non-hydrogen) atoms. The van der Waals surface area contributed by atoms with Gasteiger partial charge in [-0.25, -0.2) is 0 Å². The smallest absolute Gasteiger partial charge is 0.259 e. The predicted octanol–water partition coefficient (Wildman–Crippen LogP) is 3.76. The number of halogens is 5. The molecule has 0 amide bonds. The van der Waals surface area contributed by atoms with Gasteiger partial charge in [0.15, 0.2) is 0 Å². The minimum absolute atomic E-state index is 0.00398. The lowest BCUT2D eigenvalue weighted by Crippen LogP contribution is -2.09. The van der Waals surface area contributed by atoms with E-state index in [1.54, 1.807) is 0 Å². The molecular weight excluding hydrogens is 315 g/mol. The molecule has 0 saturated heterocycles. The molecular formula is C7H4Br2F3N. The van der Waals surface area contributed by atoms with E-state index in [2.05, 4.69) is 36.8 Å². The fourth-order valence-corrected chi connectivity index (χ4v) is 1.60. The molecule has 1 rings (SSSR count). The number of hydrogen-bond donors (Lipinski definition) is 0. The molecule has 0 fully saturated rings. The molecule has 0 unspecified atom stereocenters. The van der Waals surface area contributed by atoms with Crippen LogP contribution in [0.3, 0.4) is 0 Å². The molecule has 0 radical (unpaired) electrons. The van der Waals surface area contributed by atoms with Gasteiger partial charge in [0.1, 0.15) is 0 Å². The minimum atomic E-state index is -4.35. The number of alkyl halides is 4. The van der Waals surface area contributed by atoms with Crippen molar-refractivity contribution in [1.82, 2.24) is 4.98 Å². The number of nitrogens with zero attached hydrogens (tertiary/aromatic N) is 1. The van der Waals surface area contributed by atoms with Gasteiger partial charge >= 0.3 is 6.18 Å². The predicted molar refractivity (Wildman–Crippen MR) is 49.6 cm³/mol. The third-order valence-corrected chi connectivity index (χ3v) is 2.33. The first-order valence-corrected chi connectivity index (χ1v) is 5.14. The van der Waals surface area contributed by atoms with E-state index in [9.17, 15) is 13.2 Å². The van der Waals surface area contributed by atoms with E-state index in [1.807, 2.05) is 0 Å².